The summed E-state index contributed by atoms with van der Waals surface area (Å²) < 4.78 is 28.2. The van der Waals surface area contributed by atoms with Gasteiger partial charge in [-0.25, -0.2) is 13.2 Å². The lowest BCUT2D eigenvalue weighted by molar-refractivity contribution is 0.0698. The van der Waals surface area contributed by atoms with Gasteiger partial charge in [-0.1, -0.05) is 27.7 Å². The van der Waals surface area contributed by atoms with Crippen molar-refractivity contribution in [2.24, 2.45) is 0 Å². The quantitative estimate of drug-likeness (QED) is 0.775. The first kappa shape index (κ1) is 18.0. The van der Waals surface area contributed by atoms with Crippen molar-refractivity contribution in [3.05, 3.63) is 15.8 Å². The van der Waals surface area contributed by atoms with Crippen LogP contribution in [0.1, 0.15) is 48.7 Å². The summed E-state index contributed by atoms with van der Waals surface area (Å²) in [5, 5.41) is 9.20. The van der Waals surface area contributed by atoms with Gasteiger partial charge in [-0.2, -0.15) is 0 Å². The standard InChI is InChI=1S/C14H22O5S2/c1-5-21(17,18)8-6-7-19-10-9-11(14(2,3)4)20-12(10)13(15)16/h9H,5-8H2,1-4H3,(H,15,16). The Labute approximate surface area is 129 Å². The molecule has 0 aliphatic carbocycles. The SMILES string of the molecule is CCS(=O)(=O)CCCOc1cc(C(C)(C)C)sc1C(=O)O. The molecule has 1 N–H and O–H groups in total. The van der Waals surface area contributed by atoms with Gasteiger partial charge in [0.1, 0.15) is 15.6 Å². The van der Waals surface area contributed by atoms with Crippen molar-refractivity contribution in [2.75, 3.05) is 18.1 Å². The second-order valence-electron chi connectivity index (χ2n) is 5.80. The maximum Gasteiger partial charge on any atom is 0.349 e. The molecule has 21 heavy (non-hydrogen) atoms. The van der Waals surface area contributed by atoms with E-state index < -0.39 is 15.8 Å². The summed E-state index contributed by atoms with van der Waals surface area (Å²) in [6.45, 7) is 7.80. The molecule has 0 atom stereocenters. The zero-order valence-electron chi connectivity index (χ0n) is 12.8. The van der Waals surface area contributed by atoms with Crippen LogP contribution in [0.3, 0.4) is 0 Å². The minimum absolute atomic E-state index is 0.0577. The highest BCUT2D eigenvalue weighted by molar-refractivity contribution is 7.91. The zero-order valence-corrected chi connectivity index (χ0v) is 14.4. The lowest BCUT2D eigenvalue weighted by atomic mass is 9.95. The first-order valence-electron chi connectivity index (χ1n) is 6.77. The molecule has 0 aliphatic rings. The molecule has 120 valence electrons. The Balaban J connectivity index is 2.74. The summed E-state index contributed by atoms with van der Waals surface area (Å²) in [5.74, 6) is -0.527. The molecular formula is C14H22O5S2. The van der Waals surface area contributed by atoms with E-state index >= 15 is 0 Å². The predicted molar refractivity (Wildman–Crippen MR) is 84.4 cm³/mol. The molecule has 1 aromatic heterocycles. The monoisotopic (exact) mass is 334 g/mol. The number of thiophene rings is 1. The number of hydrogen-bond donors (Lipinski definition) is 1. The third kappa shape index (κ3) is 5.32. The average molecular weight is 334 g/mol. The van der Waals surface area contributed by atoms with Gasteiger partial charge in [-0.15, -0.1) is 11.3 Å². The topological polar surface area (TPSA) is 80.7 Å². The van der Waals surface area contributed by atoms with Crippen LogP contribution in [-0.4, -0.2) is 37.6 Å². The van der Waals surface area contributed by atoms with E-state index in [0.717, 1.165) is 4.88 Å². The van der Waals surface area contributed by atoms with Crippen LogP contribution in [0.15, 0.2) is 6.07 Å². The zero-order chi connectivity index (χ0) is 16.3. The number of carboxylic acids is 1. The Morgan fingerprint density at radius 3 is 2.48 bits per heavy atom. The molecule has 0 unspecified atom stereocenters. The average Bonchev–Trinajstić information content (AvgIpc) is 2.79. The maximum absolute atomic E-state index is 11.4. The third-order valence-electron chi connectivity index (χ3n) is 2.93. The molecule has 0 bridgehead atoms. The number of carbonyl (C=O) groups is 1. The highest BCUT2D eigenvalue weighted by Crippen LogP contribution is 2.36. The molecule has 1 aromatic rings. The summed E-state index contributed by atoms with van der Waals surface area (Å²) in [6.07, 6.45) is 0.357. The Bertz CT molecular complexity index is 593. The normalized spacial score (nSPS) is 12.4. The van der Waals surface area contributed by atoms with Crippen LogP contribution >= 0.6 is 11.3 Å². The molecule has 0 fully saturated rings. The van der Waals surface area contributed by atoms with E-state index in [1.54, 1.807) is 13.0 Å². The Hall–Kier alpha value is -1.08. The number of ether oxygens (including phenoxy) is 1. The molecule has 0 amide bonds. The van der Waals surface area contributed by atoms with E-state index in [0.29, 0.717) is 12.2 Å². The van der Waals surface area contributed by atoms with Crippen LogP contribution in [-0.2, 0) is 15.3 Å². The van der Waals surface area contributed by atoms with Crippen molar-refractivity contribution >= 4 is 27.1 Å². The molecule has 1 heterocycles. The Kier molecular flexibility index (Phi) is 5.81. The number of rotatable bonds is 7. The molecule has 0 aliphatic heterocycles. The number of aromatic carboxylic acids is 1. The van der Waals surface area contributed by atoms with Gasteiger partial charge in [0.25, 0.3) is 0 Å². The maximum atomic E-state index is 11.4. The molecular weight excluding hydrogens is 312 g/mol. The van der Waals surface area contributed by atoms with Crippen molar-refractivity contribution < 1.29 is 23.1 Å². The van der Waals surface area contributed by atoms with Crippen LogP contribution in [0.5, 0.6) is 5.75 Å². The lowest BCUT2D eigenvalue weighted by Crippen LogP contribution is -2.12. The van der Waals surface area contributed by atoms with Gasteiger partial charge in [0.15, 0.2) is 4.88 Å². The van der Waals surface area contributed by atoms with Crippen LogP contribution < -0.4 is 4.74 Å². The molecule has 7 heteroatoms. The van der Waals surface area contributed by atoms with E-state index in [2.05, 4.69) is 0 Å². The van der Waals surface area contributed by atoms with Gasteiger partial charge in [0.05, 0.1) is 12.4 Å². The van der Waals surface area contributed by atoms with Crippen LogP contribution in [0.2, 0.25) is 0 Å². The number of sulfone groups is 1. The Morgan fingerprint density at radius 1 is 1.38 bits per heavy atom. The predicted octanol–water partition coefficient (Wildman–Crippen LogP) is 2.95. The molecule has 0 radical (unpaired) electrons. The minimum atomic E-state index is -3.01. The third-order valence-corrected chi connectivity index (χ3v) is 6.25. The molecule has 0 aromatic carbocycles. The van der Waals surface area contributed by atoms with Gasteiger partial charge < -0.3 is 9.84 Å². The summed E-state index contributed by atoms with van der Waals surface area (Å²) in [6, 6.07) is 1.74. The number of hydrogen-bond acceptors (Lipinski definition) is 5. The summed E-state index contributed by atoms with van der Waals surface area (Å²) in [5.41, 5.74) is -0.151. The fraction of sp³-hybridized carbons (Fsp3) is 0.643. The van der Waals surface area contributed by atoms with E-state index in [9.17, 15) is 18.3 Å². The van der Waals surface area contributed by atoms with Crippen molar-refractivity contribution in [1.29, 1.82) is 0 Å². The minimum Gasteiger partial charge on any atom is -0.492 e. The molecule has 5 nitrogen and oxygen atoms in total. The first-order chi connectivity index (χ1) is 9.57. The summed E-state index contributed by atoms with van der Waals surface area (Å²) in [7, 11) is -3.01. The van der Waals surface area contributed by atoms with E-state index in [1.807, 2.05) is 20.8 Å². The molecule has 0 saturated carbocycles. The van der Waals surface area contributed by atoms with E-state index in [1.165, 1.54) is 11.3 Å². The van der Waals surface area contributed by atoms with Gasteiger partial charge in [0, 0.05) is 10.6 Å². The van der Waals surface area contributed by atoms with E-state index in [4.69, 9.17) is 4.74 Å². The van der Waals surface area contributed by atoms with Crippen LogP contribution in [0.4, 0.5) is 0 Å². The van der Waals surface area contributed by atoms with Gasteiger partial charge >= 0.3 is 5.97 Å². The van der Waals surface area contributed by atoms with Crippen molar-refractivity contribution in [3.8, 4) is 5.75 Å². The first-order valence-corrected chi connectivity index (χ1v) is 9.41. The fourth-order valence-corrected chi connectivity index (χ4v) is 3.45. The fourth-order valence-electron chi connectivity index (χ4n) is 1.61. The molecule has 1 rings (SSSR count). The molecule has 0 spiro atoms. The summed E-state index contributed by atoms with van der Waals surface area (Å²) >= 11 is 1.20. The van der Waals surface area contributed by atoms with Crippen molar-refractivity contribution in [3.63, 3.8) is 0 Å². The highest BCUT2D eigenvalue weighted by atomic mass is 32.2. The second kappa shape index (κ2) is 6.79. The van der Waals surface area contributed by atoms with Gasteiger partial charge in [-0.3, -0.25) is 0 Å². The summed E-state index contributed by atoms with van der Waals surface area (Å²) in [4.78, 5) is 12.3. The Morgan fingerprint density at radius 2 is 2.00 bits per heavy atom. The van der Waals surface area contributed by atoms with Gasteiger partial charge in [-0.05, 0) is 17.9 Å². The highest BCUT2D eigenvalue weighted by Gasteiger charge is 2.23. The van der Waals surface area contributed by atoms with Crippen LogP contribution in [0, 0.1) is 0 Å². The van der Waals surface area contributed by atoms with Crippen molar-refractivity contribution in [1.82, 2.24) is 0 Å². The largest absolute Gasteiger partial charge is 0.492 e. The lowest BCUT2D eigenvalue weighted by Gasteiger charge is -2.14. The smallest absolute Gasteiger partial charge is 0.349 e. The second-order valence-corrected chi connectivity index (χ2v) is 9.32. The van der Waals surface area contributed by atoms with Gasteiger partial charge in [0.2, 0.25) is 0 Å². The number of carboxylic acid groups (broad SMARTS) is 1. The van der Waals surface area contributed by atoms with E-state index in [-0.39, 0.29) is 28.4 Å². The molecule has 0 saturated heterocycles. The van der Waals surface area contributed by atoms with Crippen LogP contribution in [0.25, 0.3) is 0 Å². The van der Waals surface area contributed by atoms with Crippen molar-refractivity contribution in [2.45, 2.75) is 39.5 Å².